The number of nitrogen functional groups attached to an aromatic ring is 1. The molecule has 0 aromatic carbocycles. The van der Waals surface area contributed by atoms with Gasteiger partial charge in [0, 0.05) is 0 Å². The standard InChI is InChI=1S/C9H6ClN7S/c10-6-4(11)8(16-2-13-6)18-9-5-7(14-1-12-5)15-3-17-9/h1-3H,11H2,(H,12,14,15,17). The third-order valence-corrected chi connectivity index (χ3v) is 3.50. The van der Waals surface area contributed by atoms with Crippen molar-refractivity contribution in [3.63, 3.8) is 0 Å². The molecule has 7 nitrogen and oxygen atoms in total. The van der Waals surface area contributed by atoms with Crippen LogP contribution in [0.15, 0.2) is 29.0 Å². The van der Waals surface area contributed by atoms with Crippen molar-refractivity contribution in [1.82, 2.24) is 29.9 Å². The number of anilines is 1. The van der Waals surface area contributed by atoms with Crippen LogP contribution in [0.4, 0.5) is 5.69 Å². The average molecular weight is 280 g/mol. The second-order valence-electron chi connectivity index (χ2n) is 3.27. The van der Waals surface area contributed by atoms with Crippen molar-refractivity contribution in [2.24, 2.45) is 0 Å². The molecule has 0 saturated carbocycles. The van der Waals surface area contributed by atoms with Gasteiger partial charge >= 0.3 is 0 Å². The zero-order valence-electron chi connectivity index (χ0n) is 8.83. The number of aromatic amines is 1. The Morgan fingerprint density at radius 2 is 1.83 bits per heavy atom. The number of halogens is 1. The highest BCUT2D eigenvalue weighted by molar-refractivity contribution is 7.99. The number of nitrogens with one attached hydrogen (secondary N) is 1. The molecule has 0 radical (unpaired) electrons. The molecule has 0 spiro atoms. The molecule has 3 aromatic heterocycles. The minimum Gasteiger partial charge on any atom is -0.394 e. The Kier molecular flexibility index (Phi) is 2.73. The van der Waals surface area contributed by atoms with Crippen molar-refractivity contribution in [3.05, 3.63) is 24.1 Å². The van der Waals surface area contributed by atoms with E-state index in [1.54, 1.807) is 6.33 Å². The summed E-state index contributed by atoms with van der Waals surface area (Å²) in [6.07, 6.45) is 4.34. The Labute approximate surface area is 110 Å². The average Bonchev–Trinajstić information content (AvgIpc) is 2.84. The number of hydrogen-bond donors (Lipinski definition) is 2. The molecule has 18 heavy (non-hydrogen) atoms. The van der Waals surface area contributed by atoms with Crippen molar-refractivity contribution in [1.29, 1.82) is 0 Å². The Hall–Kier alpha value is -1.93. The summed E-state index contributed by atoms with van der Waals surface area (Å²) >= 11 is 7.11. The fourth-order valence-corrected chi connectivity index (χ4v) is 2.38. The molecule has 0 saturated heterocycles. The van der Waals surface area contributed by atoms with E-state index in [1.807, 2.05) is 0 Å². The molecular weight excluding hydrogens is 274 g/mol. The second kappa shape index (κ2) is 4.39. The molecule has 0 fully saturated rings. The SMILES string of the molecule is Nc1c(Cl)ncnc1Sc1ncnc2nc[nH]c12. The van der Waals surface area contributed by atoms with E-state index >= 15 is 0 Å². The smallest absolute Gasteiger partial charge is 0.181 e. The quantitative estimate of drug-likeness (QED) is 0.685. The monoisotopic (exact) mass is 279 g/mol. The van der Waals surface area contributed by atoms with Gasteiger partial charge < -0.3 is 10.7 Å². The first kappa shape index (κ1) is 11.2. The van der Waals surface area contributed by atoms with Crippen molar-refractivity contribution in [2.75, 3.05) is 5.73 Å². The number of imidazole rings is 1. The maximum atomic E-state index is 5.83. The molecule has 3 N–H and O–H groups in total. The molecule has 0 aliphatic heterocycles. The van der Waals surface area contributed by atoms with Gasteiger partial charge in [0.05, 0.1) is 6.33 Å². The van der Waals surface area contributed by atoms with Gasteiger partial charge in [-0.3, -0.25) is 0 Å². The molecule has 9 heteroatoms. The number of H-pyrrole nitrogens is 1. The molecule has 90 valence electrons. The number of rotatable bonds is 2. The molecular formula is C9H6ClN7S. The van der Waals surface area contributed by atoms with Crippen LogP contribution in [-0.4, -0.2) is 29.9 Å². The number of nitrogens with zero attached hydrogens (tertiary/aromatic N) is 5. The minimum absolute atomic E-state index is 0.224. The Morgan fingerprint density at radius 1 is 1.06 bits per heavy atom. The highest BCUT2D eigenvalue weighted by Crippen LogP contribution is 2.33. The first-order valence-electron chi connectivity index (χ1n) is 4.83. The first-order valence-corrected chi connectivity index (χ1v) is 6.03. The van der Waals surface area contributed by atoms with E-state index in [2.05, 4.69) is 29.9 Å². The van der Waals surface area contributed by atoms with E-state index in [1.165, 1.54) is 24.4 Å². The lowest BCUT2D eigenvalue weighted by atomic mass is 10.5. The van der Waals surface area contributed by atoms with Gasteiger partial charge in [0.15, 0.2) is 10.8 Å². The van der Waals surface area contributed by atoms with E-state index in [4.69, 9.17) is 17.3 Å². The predicted octanol–water partition coefficient (Wildman–Crippen LogP) is 1.53. The van der Waals surface area contributed by atoms with Gasteiger partial charge in [-0.2, -0.15) is 0 Å². The summed E-state index contributed by atoms with van der Waals surface area (Å²) in [5.74, 6) is 0. The molecule has 3 aromatic rings. The van der Waals surface area contributed by atoms with Gasteiger partial charge in [-0.05, 0) is 11.8 Å². The van der Waals surface area contributed by atoms with Crippen LogP contribution >= 0.6 is 23.4 Å². The molecule has 0 aliphatic rings. The number of fused-ring (bicyclic) bond motifs is 1. The van der Waals surface area contributed by atoms with E-state index in [0.717, 1.165) is 5.52 Å². The van der Waals surface area contributed by atoms with Crippen LogP contribution < -0.4 is 5.73 Å². The summed E-state index contributed by atoms with van der Waals surface area (Å²) < 4.78 is 0. The van der Waals surface area contributed by atoms with Crippen molar-refractivity contribution < 1.29 is 0 Å². The molecule has 0 bridgehead atoms. The van der Waals surface area contributed by atoms with Crippen LogP contribution in [-0.2, 0) is 0 Å². The van der Waals surface area contributed by atoms with Gasteiger partial charge in [-0.1, -0.05) is 11.6 Å². The fourth-order valence-electron chi connectivity index (χ4n) is 1.35. The highest BCUT2D eigenvalue weighted by Gasteiger charge is 2.12. The summed E-state index contributed by atoms with van der Waals surface area (Å²) in [6, 6.07) is 0. The van der Waals surface area contributed by atoms with E-state index in [9.17, 15) is 0 Å². The molecule has 3 heterocycles. The number of hydrogen-bond acceptors (Lipinski definition) is 7. The Bertz CT molecular complexity index is 713. The summed E-state index contributed by atoms with van der Waals surface area (Å²) in [7, 11) is 0. The molecule has 0 amide bonds. The van der Waals surface area contributed by atoms with Crippen molar-refractivity contribution in [3.8, 4) is 0 Å². The van der Waals surface area contributed by atoms with E-state index < -0.39 is 0 Å². The lowest BCUT2D eigenvalue weighted by Gasteiger charge is -2.04. The van der Waals surface area contributed by atoms with Crippen LogP contribution in [0.2, 0.25) is 5.15 Å². The highest BCUT2D eigenvalue weighted by atomic mass is 35.5. The van der Waals surface area contributed by atoms with Gasteiger partial charge in [0.2, 0.25) is 0 Å². The van der Waals surface area contributed by atoms with Crippen molar-refractivity contribution >= 4 is 40.2 Å². The van der Waals surface area contributed by atoms with Gasteiger partial charge in [0.25, 0.3) is 0 Å². The topological polar surface area (TPSA) is 106 Å². The largest absolute Gasteiger partial charge is 0.394 e. The normalized spacial score (nSPS) is 10.9. The predicted molar refractivity (Wildman–Crippen MR) is 67.3 cm³/mol. The molecule has 0 aliphatic carbocycles. The second-order valence-corrected chi connectivity index (χ2v) is 4.60. The van der Waals surface area contributed by atoms with E-state index in [-0.39, 0.29) is 5.15 Å². The summed E-state index contributed by atoms with van der Waals surface area (Å²) in [5, 5.41) is 1.45. The molecule has 0 unspecified atom stereocenters. The third-order valence-electron chi connectivity index (χ3n) is 2.18. The summed E-state index contributed by atoms with van der Waals surface area (Å²) in [5.41, 5.74) is 7.45. The lowest BCUT2D eigenvalue weighted by Crippen LogP contribution is -1.96. The van der Waals surface area contributed by atoms with Crippen LogP contribution in [0, 0.1) is 0 Å². The van der Waals surface area contributed by atoms with Gasteiger partial charge in [0.1, 0.15) is 33.9 Å². The number of aromatic nitrogens is 6. The van der Waals surface area contributed by atoms with Gasteiger partial charge in [-0.25, -0.2) is 24.9 Å². The van der Waals surface area contributed by atoms with Crippen LogP contribution in [0.25, 0.3) is 11.2 Å². The maximum Gasteiger partial charge on any atom is 0.181 e. The third kappa shape index (κ3) is 1.85. The Balaban J connectivity index is 2.06. The number of nitrogens with two attached hydrogens (primary N) is 1. The Morgan fingerprint density at radius 3 is 2.72 bits per heavy atom. The van der Waals surface area contributed by atoms with Crippen LogP contribution in [0.3, 0.4) is 0 Å². The summed E-state index contributed by atoms with van der Waals surface area (Å²) in [4.78, 5) is 23.1. The van der Waals surface area contributed by atoms with E-state index in [0.29, 0.717) is 21.4 Å². The molecule has 3 rings (SSSR count). The van der Waals surface area contributed by atoms with Crippen LogP contribution in [0.5, 0.6) is 0 Å². The summed E-state index contributed by atoms with van der Waals surface area (Å²) in [6.45, 7) is 0. The molecule has 0 atom stereocenters. The first-order chi connectivity index (χ1) is 8.75. The van der Waals surface area contributed by atoms with Crippen molar-refractivity contribution in [2.45, 2.75) is 10.1 Å². The van der Waals surface area contributed by atoms with Gasteiger partial charge in [-0.15, -0.1) is 0 Å². The van der Waals surface area contributed by atoms with Crippen LogP contribution in [0.1, 0.15) is 0 Å². The fraction of sp³-hybridized carbons (Fsp3) is 0. The minimum atomic E-state index is 0.224. The lowest BCUT2D eigenvalue weighted by molar-refractivity contribution is 1.04. The zero-order valence-corrected chi connectivity index (χ0v) is 10.4. The zero-order chi connectivity index (χ0) is 12.5. The maximum absolute atomic E-state index is 5.83.